The number of ether oxygens (including phenoxy) is 2. The van der Waals surface area contributed by atoms with Gasteiger partial charge in [-0.15, -0.1) is 0 Å². The fourth-order valence-corrected chi connectivity index (χ4v) is 9.54. The van der Waals surface area contributed by atoms with Crippen LogP contribution in [-0.4, -0.2) is 4.57 Å². The minimum absolute atomic E-state index is 0.585. The molecule has 7 aromatic rings. The molecule has 1 atom stereocenters. The molecular weight excluding hydrogens is 525 g/mol. The molecule has 0 radical (unpaired) electrons. The van der Waals surface area contributed by atoms with E-state index in [1.165, 1.54) is 21.8 Å². The molecule has 4 nitrogen and oxygen atoms in total. The van der Waals surface area contributed by atoms with Crippen molar-refractivity contribution in [1.82, 2.24) is 4.57 Å². The van der Waals surface area contributed by atoms with Gasteiger partial charge in [-0.2, -0.15) is 0 Å². The number of hydrogen-bond donors (Lipinski definition) is 0. The third-order valence-electron chi connectivity index (χ3n) is 8.27. The van der Waals surface area contributed by atoms with E-state index in [0.29, 0.717) is 38.9 Å². The maximum atomic E-state index is 15.2. The van der Waals surface area contributed by atoms with Crippen molar-refractivity contribution in [3.63, 3.8) is 0 Å². The van der Waals surface area contributed by atoms with Crippen molar-refractivity contribution in [1.29, 1.82) is 0 Å². The van der Waals surface area contributed by atoms with E-state index in [9.17, 15) is 0 Å². The zero-order valence-corrected chi connectivity index (χ0v) is 22.7. The van der Waals surface area contributed by atoms with Crippen molar-refractivity contribution in [3.8, 4) is 39.8 Å². The van der Waals surface area contributed by atoms with Crippen molar-refractivity contribution < 1.29 is 14.0 Å². The molecule has 9 rings (SSSR count). The van der Waals surface area contributed by atoms with Crippen molar-refractivity contribution in [2.45, 2.75) is 0 Å². The molecule has 0 amide bonds. The molecule has 0 saturated carbocycles. The van der Waals surface area contributed by atoms with Gasteiger partial charge in [-0.25, -0.2) is 0 Å². The topological polar surface area (TPSA) is 40.5 Å². The molecule has 0 saturated heterocycles. The molecule has 0 aliphatic carbocycles. The highest BCUT2D eigenvalue weighted by atomic mass is 31.2. The zero-order chi connectivity index (χ0) is 27.1. The van der Waals surface area contributed by atoms with E-state index < -0.39 is 7.14 Å². The van der Waals surface area contributed by atoms with E-state index in [0.717, 1.165) is 16.8 Å². The van der Waals surface area contributed by atoms with Gasteiger partial charge in [0, 0.05) is 22.0 Å². The van der Waals surface area contributed by atoms with Crippen molar-refractivity contribution in [2.24, 2.45) is 0 Å². The molecular formula is C36H22NO3P. The Labute approximate surface area is 236 Å². The first-order chi connectivity index (χ1) is 20.2. The van der Waals surface area contributed by atoms with E-state index >= 15 is 4.57 Å². The number of para-hydroxylation sites is 4. The summed E-state index contributed by atoms with van der Waals surface area (Å²) in [5.41, 5.74) is 5.28. The van der Waals surface area contributed by atoms with Crippen LogP contribution in [0.3, 0.4) is 0 Å². The monoisotopic (exact) mass is 547 g/mol. The van der Waals surface area contributed by atoms with Crippen LogP contribution in [0.1, 0.15) is 0 Å². The van der Waals surface area contributed by atoms with Crippen LogP contribution in [0.4, 0.5) is 0 Å². The molecule has 1 unspecified atom stereocenters. The van der Waals surface area contributed by atoms with Crippen LogP contribution in [0.5, 0.6) is 23.0 Å². The molecule has 6 aromatic carbocycles. The lowest BCUT2D eigenvalue weighted by molar-refractivity contribution is 0.463. The Bertz CT molecular complexity index is 2180. The summed E-state index contributed by atoms with van der Waals surface area (Å²) in [6.07, 6.45) is 0. The number of aromatic nitrogens is 1. The standard InChI is InChI=1S/C36H22NO3P/c38-41-33-15-7-5-13-30(33)39-32-22-21-25(35(36(32)41)40-31-14-6-8-16-34(31)41)23-17-19-24(20-18-23)37-28-11-3-1-9-26(28)27-10-2-4-12-29(27)37/h1-22H. The molecule has 2 aliphatic rings. The van der Waals surface area contributed by atoms with Gasteiger partial charge >= 0.3 is 0 Å². The zero-order valence-electron chi connectivity index (χ0n) is 21.8. The fourth-order valence-electron chi connectivity index (χ4n) is 6.46. The van der Waals surface area contributed by atoms with Gasteiger partial charge in [0.25, 0.3) is 0 Å². The number of nitrogens with zero attached hydrogens (tertiary/aromatic N) is 1. The summed E-state index contributed by atoms with van der Waals surface area (Å²) in [6, 6.07) is 44.7. The summed E-state index contributed by atoms with van der Waals surface area (Å²) in [6.45, 7) is 0. The Kier molecular flexibility index (Phi) is 4.57. The lowest BCUT2D eigenvalue weighted by Crippen LogP contribution is -2.35. The van der Waals surface area contributed by atoms with Gasteiger partial charge in [-0.05, 0) is 66.2 Å². The van der Waals surface area contributed by atoms with E-state index in [4.69, 9.17) is 9.47 Å². The summed E-state index contributed by atoms with van der Waals surface area (Å²) < 4.78 is 30.4. The van der Waals surface area contributed by atoms with Gasteiger partial charge < -0.3 is 18.6 Å². The predicted molar refractivity (Wildman–Crippen MR) is 166 cm³/mol. The molecule has 2 aliphatic heterocycles. The van der Waals surface area contributed by atoms with Crippen LogP contribution in [0.2, 0.25) is 0 Å². The highest BCUT2D eigenvalue weighted by Gasteiger charge is 2.46. The third kappa shape index (κ3) is 3.03. The second kappa shape index (κ2) is 8.23. The molecule has 41 heavy (non-hydrogen) atoms. The van der Waals surface area contributed by atoms with Crippen molar-refractivity contribution in [3.05, 3.63) is 133 Å². The first kappa shape index (κ1) is 22.7. The number of benzene rings is 6. The van der Waals surface area contributed by atoms with Gasteiger partial charge in [0.05, 0.1) is 21.6 Å². The minimum atomic E-state index is -3.22. The first-order valence-corrected chi connectivity index (χ1v) is 15.3. The third-order valence-corrected chi connectivity index (χ3v) is 11.4. The molecule has 194 valence electrons. The van der Waals surface area contributed by atoms with Crippen LogP contribution in [-0.2, 0) is 4.57 Å². The summed E-state index contributed by atoms with van der Waals surface area (Å²) in [5.74, 6) is 2.44. The van der Waals surface area contributed by atoms with Crippen LogP contribution >= 0.6 is 7.14 Å². The minimum Gasteiger partial charge on any atom is -0.456 e. The van der Waals surface area contributed by atoms with Crippen molar-refractivity contribution >= 4 is 44.9 Å². The van der Waals surface area contributed by atoms with Crippen LogP contribution in [0.15, 0.2) is 133 Å². The van der Waals surface area contributed by atoms with Crippen LogP contribution in [0, 0.1) is 0 Å². The largest absolute Gasteiger partial charge is 0.456 e. The lowest BCUT2D eigenvalue weighted by Gasteiger charge is -2.35. The van der Waals surface area contributed by atoms with Gasteiger partial charge in [0.15, 0.2) is 7.14 Å². The average molecular weight is 548 g/mol. The van der Waals surface area contributed by atoms with Gasteiger partial charge in [0.1, 0.15) is 28.3 Å². The Morgan fingerprint density at radius 2 is 1.07 bits per heavy atom. The normalized spacial score (nSPS) is 16.4. The molecule has 0 fully saturated rings. The molecule has 0 spiro atoms. The van der Waals surface area contributed by atoms with Crippen molar-refractivity contribution in [2.75, 3.05) is 0 Å². The summed E-state index contributed by atoms with van der Waals surface area (Å²) in [4.78, 5) is 0. The average Bonchev–Trinajstić information content (AvgIpc) is 3.36. The highest BCUT2D eigenvalue weighted by Crippen LogP contribution is 2.59. The second-order valence-electron chi connectivity index (χ2n) is 10.5. The van der Waals surface area contributed by atoms with Crippen LogP contribution < -0.4 is 25.4 Å². The first-order valence-electron chi connectivity index (χ1n) is 13.6. The maximum absolute atomic E-state index is 15.2. The number of fused-ring (bicyclic) bond motifs is 7. The SMILES string of the molecule is O=P12c3ccccc3Oc3ccc(-c4ccc(-n5c6ccccc6c6ccccc65)cc4)c(c31)Oc1ccccc12. The predicted octanol–water partition coefficient (Wildman–Crippen LogP) is 8.30. The lowest BCUT2D eigenvalue weighted by atomic mass is 10.0. The van der Waals surface area contributed by atoms with Gasteiger partial charge in [0.2, 0.25) is 0 Å². The summed E-state index contributed by atoms with van der Waals surface area (Å²) >= 11 is 0. The Morgan fingerprint density at radius 1 is 0.512 bits per heavy atom. The van der Waals surface area contributed by atoms with Crippen LogP contribution in [0.25, 0.3) is 38.6 Å². The highest BCUT2D eigenvalue weighted by molar-refractivity contribution is 7.86. The van der Waals surface area contributed by atoms with Gasteiger partial charge in [-0.1, -0.05) is 72.8 Å². The Hall–Kier alpha value is -5.05. The van der Waals surface area contributed by atoms with E-state index in [1.54, 1.807) is 0 Å². The van der Waals surface area contributed by atoms with E-state index in [2.05, 4.69) is 77.4 Å². The van der Waals surface area contributed by atoms with E-state index in [1.807, 2.05) is 60.7 Å². The number of rotatable bonds is 2. The molecule has 3 heterocycles. The summed E-state index contributed by atoms with van der Waals surface area (Å²) in [5, 5.41) is 4.52. The Balaban J connectivity index is 1.24. The molecule has 0 bridgehead atoms. The fraction of sp³-hybridized carbons (Fsp3) is 0. The summed E-state index contributed by atoms with van der Waals surface area (Å²) in [7, 11) is -3.22. The quantitative estimate of drug-likeness (QED) is 0.205. The Morgan fingerprint density at radius 3 is 1.73 bits per heavy atom. The van der Waals surface area contributed by atoms with Gasteiger partial charge in [-0.3, -0.25) is 0 Å². The molecule has 5 heteroatoms. The van der Waals surface area contributed by atoms with E-state index in [-0.39, 0.29) is 0 Å². The maximum Gasteiger partial charge on any atom is 0.185 e. The second-order valence-corrected chi connectivity index (χ2v) is 13.1. The smallest absolute Gasteiger partial charge is 0.185 e. The molecule has 1 aromatic heterocycles. The molecule has 0 N–H and O–H groups in total. The number of hydrogen-bond acceptors (Lipinski definition) is 3.